The number of imidazole rings is 1. The summed E-state index contributed by atoms with van der Waals surface area (Å²) in [5.41, 5.74) is 10.2. The number of nitrogens with zero attached hydrogens (tertiary/aromatic N) is 3. The Morgan fingerprint density at radius 3 is 2.52 bits per heavy atom. The van der Waals surface area contributed by atoms with Gasteiger partial charge < -0.3 is 14.9 Å². The molecular formula is C21H28N4OS. The summed E-state index contributed by atoms with van der Waals surface area (Å²) >= 11 is -0.906. The Kier molecular flexibility index (Phi) is 6.39. The number of aryl methyl sites for hydroxylation is 4. The highest BCUT2D eigenvalue weighted by atomic mass is 32.2. The predicted molar refractivity (Wildman–Crippen MR) is 112 cm³/mol. The third kappa shape index (κ3) is 4.28. The Morgan fingerprint density at radius 1 is 1.07 bits per heavy atom. The van der Waals surface area contributed by atoms with Gasteiger partial charge in [0.05, 0.1) is 5.52 Å². The van der Waals surface area contributed by atoms with E-state index in [1.807, 2.05) is 37.3 Å². The number of nitrogen functional groups attached to an aromatic ring is 1. The number of fused-ring (bicyclic) bond motifs is 1. The maximum atomic E-state index is 12.3. The lowest BCUT2D eigenvalue weighted by atomic mass is 10.2. The van der Waals surface area contributed by atoms with E-state index in [-0.39, 0.29) is 0 Å². The summed E-state index contributed by atoms with van der Waals surface area (Å²) in [4.78, 5) is 10.1. The number of hydrogen-bond donors (Lipinski definition) is 1. The van der Waals surface area contributed by atoms with Gasteiger partial charge in [0, 0.05) is 18.7 Å². The van der Waals surface area contributed by atoms with E-state index in [1.54, 1.807) is 0 Å². The lowest BCUT2D eigenvalue weighted by Crippen LogP contribution is -2.08. The minimum absolute atomic E-state index is 0.514. The van der Waals surface area contributed by atoms with Gasteiger partial charge in [0.15, 0.2) is 10.7 Å². The number of unbranched alkanes of at least 4 members (excludes halogenated alkanes) is 2. The standard InChI is InChI=1S/C21H28N4OS/c1-4-18-24-19-20(15(2)16(3)23-21(19)22)25(18)13-9-6-10-14-27(26)17-11-7-5-8-12-17/h5,7-8,11-12H,4,6,9-10,13-14H2,1-3H3,(H2,22,23). The number of hydrogen-bond acceptors (Lipinski definition) is 4. The summed E-state index contributed by atoms with van der Waals surface area (Å²) in [6, 6.07) is 9.70. The number of benzene rings is 1. The molecule has 144 valence electrons. The lowest BCUT2D eigenvalue weighted by molar-refractivity contribution is 0.574. The van der Waals surface area contributed by atoms with Crippen LogP contribution in [-0.2, 0) is 24.1 Å². The molecule has 1 unspecified atom stereocenters. The van der Waals surface area contributed by atoms with Crippen LogP contribution in [0.1, 0.15) is 43.3 Å². The van der Waals surface area contributed by atoms with Gasteiger partial charge in [-0.2, -0.15) is 0 Å². The van der Waals surface area contributed by atoms with Gasteiger partial charge in [0.25, 0.3) is 0 Å². The zero-order chi connectivity index (χ0) is 19.4. The highest BCUT2D eigenvalue weighted by molar-refractivity contribution is 7.91. The van der Waals surface area contributed by atoms with Crippen LogP contribution < -0.4 is 5.73 Å². The van der Waals surface area contributed by atoms with E-state index in [0.717, 1.165) is 65.2 Å². The first kappa shape index (κ1) is 19.7. The molecule has 5 nitrogen and oxygen atoms in total. The van der Waals surface area contributed by atoms with Crippen LogP contribution >= 0.6 is 0 Å². The van der Waals surface area contributed by atoms with Crippen molar-refractivity contribution in [2.24, 2.45) is 0 Å². The van der Waals surface area contributed by atoms with Gasteiger partial charge in [0.1, 0.15) is 17.1 Å². The molecule has 0 aliphatic rings. The molecule has 27 heavy (non-hydrogen) atoms. The van der Waals surface area contributed by atoms with Crippen LogP contribution in [0.3, 0.4) is 0 Å². The van der Waals surface area contributed by atoms with Gasteiger partial charge in [-0.15, -0.1) is 0 Å². The Morgan fingerprint density at radius 2 is 1.81 bits per heavy atom. The second-order valence-electron chi connectivity index (χ2n) is 6.86. The maximum absolute atomic E-state index is 12.3. The van der Waals surface area contributed by atoms with Crippen LogP contribution in [0.2, 0.25) is 0 Å². The normalized spacial score (nSPS) is 12.6. The molecule has 0 spiro atoms. The van der Waals surface area contributed by atoms with Crippen molar-refractivity contribution >= 4 is 28.0 Å². The molecule has 2 aromatic heterocycles. The summed E-state index contributed by atoms with van der Waals surface area (Å²) in [7, 11) is 0. The number of pyridine rings is 1. The molecule has 2 N–H and O–H groups in total. The highest BCUT2D eigenvalue weighted by Crippen LogP contribution is 2.26. The molecular weight excluding hydrogens is 356 g/mol. The fourth-order valence-corrected chi connectivity index (χ4v) is 4.59. The summed E-state index contributed by atoms with van der Waals surface area (Å²) in [6.07, 6.45) is 3.90. The fraction of sp³-hybridized carbons (Fsp3) is 0.429. The molecule has 0 saturated carbocycles. The number of rotatable bonds is 8. The quantitative estimate of drug-likeness (QED) is 0.467. The van der Waals surface area contributed by atoms with Gasteiger partial charge in [-0.3, -0.25) is 0 Å². The van der Waals surface area contributed by atoms with Crippen molar-refractivity contribution in [3.05, 3.63) is 47.4 Å². The summed E-state index contributed by atoms with van der Waals surface area (Å²) in [5, 5.41) is 0. The zero-order valence-electron chi connectivity index (χ0n) is 16.4. The molecule has 2 heterocycles. The first-order chi connectivity index (χ1) is 13.0. The minimum Gasteiger partial charge on any atom is -0.611 e. The smallest absolute Gasteiger partial charge is 0.152 e. The van der Waals surface area contributed by atoms with Gasteiger partial charge in [0.2, 0.25) is 0 Å². The van der Waals surface area contributed by atoms with Crippen molar-refractivity contribution in [1.82, 2.24) is 14.5 Å². The van der Waals surface area contributed by atoms with E-state index in [2.05, 4.69) is 23.4 Å². The molecule has 3 aromatic rings. The van der Waals surface area contributed by atoms with Crippen LogP contribution in [0.25, 0.3) is 11.0 Å². The molecule has 0 fully saturated rings. The Hall–Kier alpha value is -2.05. The molecule has 0 aliphatic heterocycles. The predicted octanol–water partition coefficient (Wildman–Crippen LogP) is 4.17. The van der Waals surface area contributed by atoms with Gasteiger partial charge in [-0.05, 0) is 62.0 Å². The Labute approximate surface area is 164 Å². The number of nitrogens with two attached hydrogens (primary N) is 1. The van der Waals surface area contributed by atoms with E-state index in [1.165, 1.54) is 0 Å². The van der Waals surface area contributed by atoms with Gasteiger partial charge in [-0.25, -0.2) is 9.97 Å². The molecule has 0 saturated heterocycles. The van der Waals surface area contributed by atoms with Gasteiger partial charge in [-0.1, -0.05) is 25.1 Å². The number of aromatic nitrogens is 3. The van der Waals surface area contributed by atoms with Crippen molar-refractivity contribution < 1.29 is 4.55 Å². The van der Waals surface area contributed by atoms with E-state index in [0.29, 0.717) is 11.6 Å². The van der Waals surface area contributed by atoms with E-state index < -0.39 is 11.2 Å². The molecule has 0 amide bonds. The third-order valence-corrected chi connectivity index (χ3v) is 6.47. The van der Waals surface area contributed by atoms with E-state index >= 15 is 0 Å². The highest BCUT2D eigenvalue weighted by Gasteiger charge is 2.16. The van der Waals surface area contributed by atoms with Crippen LogP contribution in [0, 0.1) is 13.8 Å². The molecule has 0 aliphatic carbocycles. The Balaban J connectivity index is 1.63. The van der Waals surface area contributed by atoms with Crippen LogP contribution in [0.5, 0.6) is 0 Å². The first-order valence-electron chi connectivity index (χ1n) is 9.58. The molecule has 6 heteroatoms. The zero-order valence-corrected chi connectivity index (χ0v) is 17.2. The van der Waals surface area contributed by atoms with E-state index in [9.17, 15) is 4.55 Å². The number of anilines is 1. The largest absolute Gasteiger partial charge is 0.611 e. The molecule has 0 bridgehead atoms. The SMILES string of the molecule is CCc1nc2c(N)nc(C)c(C)c2n1CCCCC[S+]([O-])c1ccccc1. The van der Waals surface area contributed by atoms with Crippen molar-refractivity contribution in [2.75, 3.05) is 11.5 Å². The second kappa shape index (κ2) is 8.76. The summed E-state index contributed by atoms with van der Waals surface area (Å²) in [5.74, 6) is 2.28. The Bertz CT molecular complexity index is 908. The fourth-order valence-electron chi connectivity index (χ4n) is 3.43. The van der Waals surface area contributed by atoms with Crippen LogP contribution in [0.15, 0.2) is 35.2 Å². The minimum atomic E-state index is -0.906. The van der Waals surface area contributed by atoms with Crippen molar-refractivity contribution in [3.8, 4) is 0 Å². The third-order valence-electron chi connectivity index (χ3n) is 5.01. The van der Waals surface area contributed by atoms with Crippen molar-refractivity contribution in [1.29, 1.82) is 0 Å². The maximum Gasteiger partial charge on any atom is 0.152 e. The molecule has 0 radical (unpaired) electrons. The average molecular weight is 385 g/mol. The average Bonchev–Trinajstić information content (AvgIpc) is 3.06. The summed E-state index contributed by atoms with van der Waals surface area (Å²) in [6.45, 7) is 7.10. The van der Waals surface area contributed by atoms with Gasteiger partial charge >= 0.3 is 0 Å². The molecule has 1 aromatic carbocycles. The second-order valence-corrected chi connectivity index (χ2v) is 8.43. The molecule has 3 rings (SSSR count). The first-order valence-corrected chi connectivity index (χ1v) is 10.9. The van der Waals surface area contributed by atoms with Crippen molar-refractivity contribution in [3.63, 3.8) is 0 Å². The van der Waals surface area contributed by atoms with Crippen LogP contribution in [0.4, 0.5) is 5.82 Å². The molecule has 1 atom stereocenters. The van der Waals surface area contributed by atoms with Crippen molar-refractivity contribution in [2.45, 2.75) is 57.9 Å². The van der Waals surface area contributed by atoms with E-state index in [4.69, 9.17) is 10.7 Å². The topological polar surface area (TPSA) is 79.8 Å². The monoisotopic (exact) mass is 384 g/mol. The van der Waals surface area contributed by atoms with Crippen LogP contribution in [-0.4, -0.2) is 24.8 Å². The lowest BCUT2D eigenvalue weighted by Gasteiger charge is -2.12. The summed E-state index contributed by atoms with van der Waals surface area (Å²) < 4.78 is 14.6.